The van der Waals surface area contributed by atoms with Gasteiger partial charge in [0.25, 0.3) is 0 Å². The minimum Gasteiger partial charge on any atom is -0.468 e. The molecule has 0 heterocycles. The molecule has 2 unspecified atom stereocenters. The number of Topliss-reactive ketones (excluding diaryl/α,β-unsaturated/α-hetero) is 1. The Hall–Kier alpha value is -2.93. The molecule has 0 fully saturated rings. The predicted molar refractivity (Wildman–Crippen MR) is 85.8 cm³/mol. The maximum atomic E-state index is 12.9. The highest BCUT2D eigenvalue weighted by molar-refractivity contribution is 6.03. The van der Waals surface area contributed by atoms with Crippen molar-refractivity contribution in [3.05, 3.63) is 71.3 Å². The van der Waals surface area contributed by atoms with E-state index in [0.29, 0.717) is 11.1 Å². The number of rotatable bonds is 5. The van der Waals surface area contributed by atoms with Gasteiger partial charge in [0.2, 0.25) is 0 Å². The average molecular weight is 307 g/mol. The lowest BCUT2D eigenvalue weighted by Gasteiger charge is -2.20. The van der Waals surface area contributed by atoms with Gasteiger partial charge in [-0.1, -0.05) is 60.2 Å². The summed E-state index contributed by atoms with van der Waals surface area (Å²) in [5, 5.41) is 9.40. The van der Waals surface area contributed by atoms with Crippen molar-refractivity contribution >= 4 is 11.8 Å². The molecule has 0 aliphatic carbocycles. The van der Waals surface area contributed by atoms with E-state index in [-0.39, 0.29) is 5.78 Å². The minimum atomic E-state index is -1.18. The highest BCUT2D eigenvalue weighted by Crippen LogP contribution is 2.29. The van der Waals surface area contributed by atoms with Crippen LogP contribution in [0.1, 0.15) is 27.4 Å². The summed E-state index contributed by atoms with van der Waals surface area (Å²) < 4.78 is 4.70. The van der Waals surface area contributed by atoms with E-state index in [9.17, 15) is 14.9 Å². The van der Waals surface area contributed by atoms with Gasteiger partial charge in [-0.05, 0) is 12.5 Å². The summed E-state index contributed by atoms with van der Waals surface area (Å²) in [6.45, 7) is 1.93. The SMILES string of the molecule is COC(=O)C(C#N)C(C(=O)c1ccc(C)cc1)c1ccccc1. The minimum absolute atomic E-state index is 0.270. The van der Waals surface area contributed by atoms with E-state index in [1.807, 2.05) is 31.2 Å². The zero-order valence-electron chi connectivity index (χ0n) is 13.0. The van der Waals surface area contributed by atoms with Crippen molar-refractivity contribution in [2.45, 2.75) is 12.8 Å². The fraction of sp³-hybridized carbons (Fsp3) is 0.211. The third-order valence-corrected chi connectivity index (χ3v) is 3.70. The van der Waals surface area contributed by atoms with Gasteiger partial charge in [-0.25, -0.2) is 0 Å². The number of hydrogen-bond donors (Lipinski definition) is 0. The van der Waals surface area contributed by atoms with E-state index in [1.54, 1.807) is 36.4 Å². The van der Waals surface area contributed by atoms with Crippen LogP contribution in [-0.2, 0) is 9.53 Å². The highest BCUT2D eigenvalue weighted by Gasteiger charge is 2.36. The van der Waals surface area contributed by atoms with Crippen LogP contribution in [0.4, 0.5) is 0 Å². The van der Waals surface area contributed by atoms with Crippen molar-refractivity contribution in [3.8, 4) is 6.07 Å². The molecule has 2 rings (SSSR count). The number of methoxy groups -OCH3 is 1. The summed E-state index contributed by atoms with van der Waals surface area (Å²) in [7, 11) is 1.21. The Morgan fingerprint density at radius 2 is 1.65 bits per heavy atom. The van der Waals surface area contributed by atoms with Crippen molar-refractivity contribution in [1.82, 2.24) is 0 Å². The van der Waals surface area contributed by atoms with Gasteiger partial charge in [-0.15, -0.1) is 0 Å². The molecule has 4 heteroatoms. The Morgan fingerprint density at radius 3 is 2.17 bits per heavy atom. The smallest absolute Gasteiger partial charge is 0.324 e. The molecular weight excluding hydrogens is 290 g/mol. The van der Waals surface area contributed by atoms with E-state index in [0.717, 1.165) is 5.56 Å². The lowest BCUT2D eigenvalue weighted by Crippen LogP contribution is -2.28. The number of carbonyl (C=O) groups excluding carboxylic acids is 2. The van der Waals surface area contributed by atoms with Gasteiger partial charge in [0, 0.05) is 5.56 Å². The monoisotopic (exact) mass is 307 g/mol. The maximum absolute atomic E-state index is 12.9. The van der Waals surface area contributed by atoms with Crippen LogP contribution >= 0.6 is 0 Å². The molecule has 0 N–H and O–H groups in total. The van der Waals surface area contributed by atoms with Crippen LogP contribution in [0.25, 0.3) is 0 Å². The van der Waals surface area contributed by atoms with Crippen LogP contribution < -0.4 is 0 Å². The molecular formula is C19H17NO3. The first-order valence-electron chi connectivity index (χ1n) is 7.21. The molecule has 4 nitrogen and oxygen atoms in total. The van der Waals surface area contributed by atoms with Crippen molar-refractivity contribution in [3.63, 3.8) is 0 Å². The predicted octanol–water partition coefficient (Wildman–Crippen LogP) is 3.27. The molecule has 116 valence electrons. The van der Waals surface area contributed by atoms with Gasteiger partial charge in [-0.3, -0.25) is 9.59 Å². The molecule has 0 amide bonds. The van der Waals surface area contributed by atoms with Crippen LogP contribution in [0.15, 0.2) is 54.6 Å². The Balaban J connectivity index is 2.49. The first-order valence-corrected chi connectivity index (χ1v) is 7.21. The number of ketones is 1. The Bertz CT molecular complexity index is 729. The summed E-state index contributed by atoms with van der Waals surface area (Å²) in [6, 6.07) is 17.8. The molecule has 0 radical (unpaired) electrons. The van der Waals surface area contributed by atoms with Crippen molar-refractivity contribution in [2.75, 3.05) is 7.11 Å². The number of hydrogen-bond acceptors (Lipinski definition) is 4. The number of benzene rings is 2. The third-order valence-electron chi connectivity index (χ3n) is 3.70. The fourth-order valence-corrected chi connectivity index (χ4v) is 2.44. The fourth-order valence-electron chi connectivity index (χ4n) is 2.44. The van der Waals surface area contributed by atoms with Crippen LogP contribution in [0, 0.1) is 24.2 Å². The number of nitriles is 1. The molecule has 0 spiro atoms. The van der Waals surface area contributed by atoms with Gasteiger partial charge in [0.1, 0.15) is 0 Å². The summed E-state index contributed by atoms with van der Waals surface area (Å²) in [5.74, 6) is -3.05. The number of carbonyl (C=O) groups is 2. The maximum Gasteiger partial charge on any atom is 0.324 e. The van der Waals surface area contributed by atoms with E-state index in [2.05, 4.69) is 0 Å². The second-order valence-corrected chi connectivity index (χ2v) is 5.25. The normalized spacial score (nSPS) is 12.7. The molecule has 0 aliphatic heterocycles. The lowest BCUT2D eigenvalue weighted by atomic mass is 9.81. The van der Waals surface area contributed by atoms with Crippen LogP contribution in [0.3, 0.4) is 0 Å². The molecule has 2 aromatic carbocycles. The van der Waals surface area contributed by atoms with Gasteiger partial charge in [0.15, 0.2) is 11.7 Å². The van der Waals surface area contributed by atoms with E-state index in [4.69, 9.17) is 4.74 Å². The Morgan fingerprint density at radius 1 is 1.04 bits per heavy atom. The zero-order valence-corrected chi connectivity index (χ0v) is 13.0. The number of esters is 1. The second-order valence-electron chi connectivity index (χ2n) is 5.25. The molecule has 23 heavy (non-hydrogen) atoms. The van der Waals surface area contributed by atoms with Crippen molar-refractivity contribution in [2.24, 2.45) is 5.92 Å². The third kappa shape index (κ3) is 3.64. The average Bonchev–Trinajstić information content (AvgIpc) is 2.59. The summed E-state index contributed by atoms with van der Waals surface area (Å²) in [5.41, 5.74) is 2.12. The van der Waals surface area contributed by atoms with Crippen LogP contribution in [0.2, 0.25) is 0 Å². The Kier molecular flexibility index (Phi) is 5.27. The number of nitrogens with zero attached hydrogens (tertiary/aromatic N) is 1. The first-order chi connectivity index (χ1) is 11.1. The van der Waals surface area contributed by atoms with Gasteiger partial charge in [-0.2, -0.15) is 5.26 Å². The number of aryl methyl sites for hydroxylation is 1. The summed E-state index contributed by atoms with van der Waals surface area (Å²) >= 11 is 0. The van der Waals surface area contributed by atoms with Gasteiger partial charge >= 0.3 is 5.97 Å². The van der Waals surface area contributed by atoms with Gasteiger partial charge < -0.3 is 4.74 Å². The molecule has 0 aromatic heterocycles. The Labute approximate surface area is 135 Å². The summed E-state index contributed by atoms with van der Waals surface area (Å²) in [6.07, 6.45) is 0. The standard InChI is InChI=1S/C19H17NO3/c1-13-8-10-15(11-9-13)18(21)17(14-6-4-3-5-7-14)16(12-20)19(22)23-2/h3-11,16-17H,1-2H3. The molecule has 0 aliphatic rings. The molecule has 0 saturated heterocycles. The summed E-state index contributed by atoms with van der Waals surface area (Å²) in [4.78, 5) is 24.9. The van der Waals surface area contributed by atoms with Crippen molar-refractivity contribution < 1.29 is 14.3 Å². The van der Waals surface area contributed by atoms with E-state index < -0.39 is 17.8 Å². The van der Waals surface area contributed by atoms with Crippen LogP contribution in [0.5, 0.6) is 0 Å². The highest BCUT2D eigenvalue weighted by atomic mass is 16.5. The topological polar surface area (TPSA) is 67.2 Å². The molecule has 0 saturated carbocycles. The zero-order chi connectivity index (χ0) is 16.8. The molecule has 2 atom stereocenters. The first kappa shape index (κ1) is 16.4. The van der Waals surface area contributed by atoms with Crippen molar-refractivity contribution in [1.29, 1.82) is 5.26 Å². The second kappa shape index (κ2) is 7.37. The largest absolute Gasteiger partial charge is 0.468 e. The molecule has 2 aromatic rings. The van der Waals surface area contributed by atoms with Gasteiger partial charge in [0.05, 0.1) is 19.1 Å². The quantitative estimate of drug-likeness (QED) is 0.628. The lowest BCUT2D eigenvalue weighted by molar-refractivity contribution is -0.143. The van der Waals surface area contributed by atoms with E-state index in [1.165, 1.54) is 7.11 Å². The van der Waals surface area contributed by atoms with Crippen LogP contribution in [-0.4, -0.2) is 18.9 Å². The molecule has 0 bridgehead atoms. The number of ether oxygens (including phenoxy) is 1. The van der Waals surface area contributed by atoms with E-state index >= 15 is 0 Å².